The molecule has 3 rings (SSSR count). The summed E-state index contributed by atoms with van der Waals surface area (Å²) in [7, 11) is 0. The molecular formula is C20H30N2O2. The zero-order valence-electron chi connectivity index (χ0n) is 14.7. The van der Waals surface area contributed by atoms with E-state index in [4.69, 9.17) is 5.11 Å². The predicted molar refractivity (Wildman–Crippen MR) is 96.1 cm³/mol. The van der Waals surface area contributed by atoms with Gasteiger partial charge in [-0.25, -0.2) is 0 Å². The second-order valence-electron chi connectivity index (χ2n) is 7.55. The summed E-state index contributed by atoms with van der Waals surface area (Å²) < 4.78 is 0. The fraction of sp³-hybridized carbons (Fsp3) is 0.650. The van der Waals surface area contributed by atoms with Crippen LogP contribution < -0.4 is 5.32 Å². The molecule has 0 radical (unpaired) electrons. The second-order valence-corrected chi connectivity index (χ2v) is 7.55. The zero-order valence-corrected chi connectivity index (χ0v) is 14.7. The molecule has 1 atom stereocenters. The summed E-state index contributed by atoms with van der Waals surface area (Å²) in [6.07, 6.45) is 6.92. The van der Waals surface area contributed by atoms with Gasteiger partial charge in [-0.2, -0.15) is 0 Å². The lowest BCUT2D eigenvalue weighted by Crippen LogP contribution is -2.56. The molecule has 2 aliphatic rings. The van der Waals surface area contributed by atoms with Gasteiger partial charge in [0.1, 0.15) is 0 Å². The highest BCUT2D eigenvalue weighted by atomic mass is 16.4. The molecule has 2 fully saturated rings. The van der Waals surface area contributed by atoms with Crippen molar-refractivity contribution in [1.82, 2.24) is 10.2 Å². The number of hydrogen-bond acceptors (Lipinski definition) is 3. The van der Waals surface area contributed by atoms with Gasteiger partial charge in [-0.3, -0.25) is 9.69 Å². The lowest BCUT2D eigenvalue weighted by molar-refractivity contribution is -0.139. The van der Waals surface area contributed by atoms with Gasteiger partial charge < -0.3 is 10.4 Å². The van der Waals surface area contributed by atoms with Gasteiger partial charge in [-0.1, -0.05) is 37.3 Å². The summed E-state index contributed by atoms with van der Waals surface area (Å²) in [5.74, 6) is 0.0559. The van der Waals surface area contributed by atoms with Gasteiger partial charge in [-0.15, -0.1) is 0 Å². The zero-order chi connectivity index (χ0) is 16.9. The second kappa shape index (κ2) is 8.13. The van der Waals surface area contributed by atoms with E-state index in [0.29, 0.717) is 18.1 Å². The van der Waals surface area contributed by atoms with Crippen molar-refractivity contribution in [3.8, 4) is 0 Å². The van der Waals surface area contributed by atoms with Crippen LogP contribution in [0.2, 0.25) is 0 Å². The molecule has 2 aliphatic carbocycles. The van der Waals surface area contributed by atoms with E-state index in [1.54, 1.807) is 0 Å². The first-order valence-corrected chi connectivity index (χ1v) is 9.39. The van der Waals surface area contributed by atoms with Crippen LogP contribution in [-0.4, -0.2) is 47.2 Å². The van der Waals surface area contributed by atoms with Gasteiger partial charge >= 0.3 is 5.97 Å². The first-order valence-electron chi connectivity index (χ1n) is 9.39. The fourth-order valence-electron chi connectivity index (χ4n) is 3.72. The molecule has 132 valence electrons. The van der Waals surface area contributed by atoms with E-state index in [1.165, 1.54) is 18.4 Å². The average Bonchev–Trinajstić information content (AvgIpc) is 3.33. The Bertz CT molecular complexity index is 524. The highest BCUT2D eigenvalue weighted by Gasteiger charge is 2.37. The fourth-order valence-corrected chi connectivity index (χ4v) is 3.72. The molecule has 0 bridgehead atoms. The SMILES string of the molecule is CCC(Cc1ccccc1)NC1CC(N(CC(=O)O)CC2CC2)C1. The Kier molecular flexibility index (Phi) is 5.90. The molecule has 2 saturated carbocycles. The van der Waals surface area contributed by atoms with Crippen LogP contribution in [0.4, 0.5) is 0 Å². The van der Waals surface area contributed by atoms with Crippen LogP contribution in [0.3, 0.4) is 0 Å². The molecule has 0 aliphatic heterocycles. The molecular weight excluding hydrogens is 300 g/mol. The normalized spacial score (nSPS) is 24.6. The quantitative estimate of drug-likeness (QED) is 0.692. The van der Waals surface area contributed by atoms with Crippen molar-refractivity contribution in [2.24, 2.45) is 5.92 Å². The van der Waals surface area contributed by atoms with Crippen molar-refractivity contribution in [2.45, 2.75) is 63.6 Å². The van der Waals surface area contributed by atoms with Crippen molar-refractivity contribution in [2.75, 3.05) is 13.1 Å². The number of nitrogens with one attached hydrogen (secondary N) is 1. The van der Waals surface area contributed by atoms with E-state index in [2.05, 4.69) is 47.5 Å². The van der Waals surface area contributed by atoms with Crippen molar-refractivity contribution in [3.05, 3.63) is 35.9 Å². The molecule has 2 N–H and O–H groups in total. The van der Waals surface area contributed by atoms with E-state index in [-0.39, 0.29) is 6.54 Å². The van der Waals surface area contributed by atoms with Crippen LogP contribution >= 0.6 is 0 Å². The molecule has 4 nitrogen and oxygen atoms in total. The number of nitrogens with zero attached hydrogens (tertiary/aromatic N) is 1. The average molecular weight is 330 g/mol. The van der Waals surface area contributed by atoms with Gasteiger partial charge in [-0.05, 0) is 50.0 Å². The third kappa shape index (κ3) is 5.05. The summed E-state index contributed by atoms with van der Waals surface area (Å²) in [6, 6.07) is 12.1. The summed E-state index contributed by atoms with van der Waals surface area (Å²) >= 11 is 0. The van der Waals surface area contributed by atoms with E-state index >= 15 is 0 Å². The van der Waals surface area contributed by atoms with Gasteiger partial charge in [0.2, 0.25) is 0 Å². The summed E-state index contributed by atoms with van der Waals surface area (Å²) in [6.45, 7) is 3.42. The van der Waals surface area contributed by atoms with Crippen molar-refractivity contribution in [1.29, 1.82) is 0 Å². The molecule has 0 heterocycles. The molecule has 1 unspecified atom stereocenters. The Morgan fingerprint density at radius 3 is 2.58 bits per heavy atom. The van der Waals surface area contributed by atoms with Crippen LogP contribution in [-0.2, 0) is 11.2 Å². The smallest absolute Gasteiger partial charge is 0.317 e. The van der Waals surface area contributed by atoms with Crippen molar-refractivity contribution < 1.29 is 9.90 Å². The number of carbonyl (C=O) groups is 1. The van der Waals surface area contributed by atoms with Crippen LogP contribution in [0, 0.1) is 5.92 Å². The van der Waals surface area contributed by atoms with Crippen molar-refractivity contribution in [3.63, 3.8) is 0 Å². The van der Waals surface area contributed by atoms with Gasteiger partial charge in [0.15, 0.2) is 0 Å². The number of carboxylic acid groups (broad SMARTS) is 1. The van der Waals surface area contributed by atoms with E-state index in [0.717, 1.165) is 38.1 Å². The number of rotatable bonds is 10. The first kappa shape index (κ1) is 17.4. The van der Waals surface area contributed by atoms with Crippen LogP contribution in [0.25, 0.3) is 0 Å². The number of hydrogen-bond donors (Lipinski definition) is 2. The van der Waals surface area contributed by atoms with Gasteiger partial charge in [0.05, 0.1) is 6.54 Å². The monoisotopic (exact) mass is 330 g/mol. The third-order valence-corrected chi connectivity index (χ3v) is 5.45. The predicted octanol–water partition coefficient (Wildman–Crippen LogP) is 2.92. The van der Waals surface area contributed by atoms with Crippen LogP contribution in [0.15, 0.2) is 30.3 Å². The minimum Gasteiger partial charge on any atom is -0.480 e. The highest BCUT2D eigenvalue weighted by Crippen LogP contribution is 2.34. The highest BCUT2D eigenvalue weighted by molar-refractivity contribution is 5.69. The minimum absolute atomic E-state index is 0.203. The van der Waals surface area contributed by atoms with Gasteiger partial charge in [0.25, 0.3) is 0 Å². The Balaban J connectivity index is 1.44. The molecule has 24 heavy (non-hydrogen) atoms. The largest absolute Gasteiger partial charge is 0.480 e. The maximum atomic E-state index is 11.1. The summed E-state index contributed by atoms with van der Waals surface area (Å²) in [5.41, 5.74) is 1.38. The maximum absolute atomic E-state index is 11.1. The number of aliphatic carboxylic acids is 1. The Morgan fingerprint density at radius 1 is 1.29 bits per heavy atom. The first-order chi connectivity index (χ1) is 11.6. The molecule has 4 heteroatoms. The molecule has 0 saturated heterocycles. The van der Waals surface area contributed by atoms with E-state index in [1.807, 2.05) is 0 Å². The van der Waals surface area contributed by atoms with Crippen LogP contribution in [0.1, 0.15) is 44.6 Å². The molecule has 0 aromatic heterocycles. The maximum Gasteiger partial charge on any atom is 0.317 e. The lowest BCUT2D eigenvalue weighted by atomic mass is 9.84. The number of benzene rings is 1. The molecule has 0 amide bonds. The lowest BCUT2D eigenvalue weighted by Gasteiger charge is -2.44. The molecule has 1 aromatic rings. The van der Waals surface area contributed by atoms with E-state index < -0.39 is 5.97 Å². The third-order valence-electron chi connectivity index (χ3n) is 5.45. The van der Waals surface area contributed by atoms with Gasteiger partial charge in [0, 0.05) is 24.7 Å². The number of carboxylic acids is 1. The molecule has 1 aromatic carbocycles. The van der Waals surface area contributed by atoms with E-state index in [9.17, 15) is 4.79 Å². The summed E-state index contributed by atoms with van der Waals surface area (Å²) in [4.78, 5) is 13.3. The topological polar surface area (TPSA) is 52.6 Å². The Labute approximate surface area is 145 Å². The minimum atomic E-state index is -0.692. The Hall–Kier alpha value is -1.39. The molecule has 0 spiro atoms. The van der Waals surface area contributed by atoms with Crippen molar-refractivity contribution >= 4 is 5.97 Å². The Morgan fingerprint density at radius 2 is 2.00 bits per heavy atom. The summed E-state index contributed by atoms with van der Waals surface area (Å²) in [5, 5.41) is 12.9. The standard InChI is InChI=1S/C20H30N2O2/c1-2-17(10-15-6-4-3-5-7-15)21-18-11-19(12-18)22(14-20(23)24)13-16-8-9-16/h3-7,16-19,21H,2,8-14H2,1H3,(H,23,24). The van der Waals surface area contributed by atoms with Crippen LogP contribution in [0.5, 0.6) is 0 Å².